The van der Waals surface area contributed by atoms with Gasteiger partial charge in [0.15, 0.2) is 0 Å². The van der Waals surface area contributed by atoms with Gasteiger partial charge >= 0.3 is 5.97 Å². The molecule has 0 amide bonds. The van der Waals surface area contributed by atoms with E-state index in [0.717, 1.165) is 12.5 Å². The number of nitrogens with zero attached hydrogens (tertiary/aromatic N) is 1. The smallest absolute Gasteiger partial charge is 0.320 e. The molecule has 0 aliphatic heterocycles. The average Bonchev–Trinajstić information content (AvgIpc) is 2.92. The largest absolute Gasteiger partial charge is 0.465 e. The Hall–Kier alpha value is -0.570. The molecule has 0 N–H and O–H groups in total. The van der Waals surface area contributed by atoms with Gasteiger partial charge < -0.3 is 4.74 Å². The number of carbonyl (C=O) groups is 1. The number of rotatable bonds is 6. The third kappa shape index (κ3) is 3.20. The third-order valence-electron chi connectivity index (χ3n) is 3.42. The second kappa shape index (κ2) is 4.97. The molecule has 0 atom stereocenters. The van der Waals surface area contributed by atoms with Crippen LogP contribution in [-0.4, -0.2) is 36.6 Å². The second-order valence-electron chi connectivity index (χ2n) is 4.76. The maximum Gasteiger partial charge on any atom is 0.320 e. The van der Waals surface area contributed by atoms with Gasteiger partial charge in [0.2, 0.25) is 0 Å². The van der Waals surface area contributed by atoms with Crippen LogP contribution in [0.25, 0.3) is 0 Å². The first-order valence-electron chi connectivity index (χ1n) is 6.19. The van der Waals surface area contributed by atoms with Crippen molar-refractivity contribution in [3.63, 3.8) is 0 Å². The highest BCUT2D eigenvalue weighted by atomic mass is 16.5. The lowest BCUT2D eigenvalue weighted by Crippen LogP contribution is -2.38. The number of carbonyl (C=O) groups excluding carboxylic acids is 1. The Bertz CT molecular complexity index is 222. The first-order valence-corrected chi connectivity index (χ1v) is 6.19. The predicted molar refractivity (Wildman–Crippen MR) is 58.6 cm³/mol. The van der Waals surface area contributed by atoms with Gasteiger partial charge in [-0.25, -0.2) is 0 Å². The Labute approximate surface area is 91.8 Å². The summed E-state index contributed by atoms with van der Waals surface area (Å²) in [5.41, 5.74) is 0. The maximum absolute atomic E-state index is 11.4. The van der Waals surface area contributed by atoms with Crippen molar-refractivity contribution in [2.24, 2.45) is 5.92 Å². The molecule has 2 aliphatic carbocycles. The van der Waals surface area contributed by atoms with E-state index in [2.05, 4.69) is 4.90 Å². The van der Waals surface area contributed by atoms with Crippen LogP contribution in [0.2, 0.25) is 0 Å². The van der Waals surface area contributed by atoms with Gasteiger partial charge in [0.1, 0.15) is 0 Å². The quantitative estimate of drug-likeness (QED) is 0.628. The number of hydrogen-bond acceptors (Lipinski definition) is 3. The van der Waals surface area contributed by atoms with Crippen LogP contribution >= 0.6 is 0 Å². The highest BCUT2D eigenvalue weighted by molar-refractivity contribution is 5.71. The summed E-state index contributed by atoms with van der Waals surface area (Å²) in [7, 11) is 0. The first-order chi connectivity index (χ1) is 7.29. The van der Waals surface area contributed by atoms with Crippen molar-refractivity contribution in [1.82, 2.24) is 4.90 Å². The Balaban J connectivity index is 1.74. The van der Waals surface area contributed by atoms with E-state index in [-0.39, 0.29) is 5.97 Å². The highest BCUT2D eigenvalue weighted by Gasteiger charge is 2.33. The van der Waals surface area contributed by atoms with Crippen LogP contribution < -0.4 is 0 Å². The van der Waals surface area contributed by atoms with Crippen molar-refractivity contribution in [3.8, 4) is 0 Å². The zero-order chi connectivity index (χ0) is 10.7. The van der Waals surface area contributed by atoms with Crippen LogP contribution in [0.3, 0.4) is 0 Å². The van der Waals surface area contributed by atoms with Crippen LogP contribution in [0, 0.1) is 5.92 Å². The van der Waals surface area contributed by atoms with E-state index in [0.29, 0.717) is 19.2 Å². The summed E-state index contributed by atoms with van der Waals surface area (Å²) in [6, 6.07) is 0.676. The van der Waals surface area contributed by atoms with Gasteiger partial charge in [-0.15, -0.1) is 0 Å². The van der Waals surface area contributed by atoms with Gasteiger partial charge in [0.05, 0.1) is 13.2 Å². The normalized spacial score (nSPS) is 21.5. The van der Waals surface area contributed by atoms with E-state index < -0.39 is 0 Å². The molecule has 86 valence electrons. The van der Waals surface area contributed by atoms with E-state index >= 15 is 0 Å². The topological polar surface area (TPSA) is 29.5 Å². The van der Waals surface area contributed by atoms with Crippen LogP contribution in [0.5, 0.6) is 0 Å². The van der Waals surface area contributed by atoms with Crippen LogP contribution in [-0.2, 0) is 9.53 Å². The molecule has 0 saturated heterocycles. The molecule has 3 heteroatoms. The molecule has 2 aliphatic rings. The lowest BCUT2D eigenvalue weighted by Gasteiger charge is -2.31. The van der Waals surface area contributed by atoms with Gasteiger partial charge in [-0.05, 0) is 38.5 Å². The van der Waals surface area contributed by atoms with E-state index in [1.165, 1.54) is 32.1 Å². The van der Waals surface area contributed by atoms with Crippen molar-refractivity contribution in [1.29, 1.82) is 0 Å². The van der Waals surface area contributed by atoms with Gasteiger partial charge in [0, 0.05) is 12.6 Å². The summed E-state index contributed by atoms with van der Waals surface area (Å²) >= 11 is 0. The van der Waals surface area contributed by atoms with Crippen molar-refractivity contribution >= 4 is 5.97 Å². The monoisotopic (exact) mass is 211 g/mol. The summed E-state index contributed by atoms with van der Waals surface area (Å²) in [5.74, 6) is 0.795. The first kappa shape index (κ1) is 10.9. The summed E-state index contributed by atoms with van der Waals surface area (Å²) in [6.45, 7) is 3.99. The standard InChI is InChI=1S/C12H21NO2/c1-2-15-12(14)9-13(11-6-7-11)8-10-4-3-5-10/h10-11H,2-9H2,1H3. The van der Waals surface area contributed by atoms with Gasteiger partial charge in [0.25, 0.3) is 0 Å². The number of esters is 1. The zero-order valence-corrected chi connectivity index (χ0v) is 9.58. The fraction of sp³-hybridized carbons (Fsp3) is 0.917. The molecule has 0 aromatic carbocycles. The van der Waals surface area contributed by atoms with Gasteiger partial charge in [-0.2, -0.15) is 0 Å². The maximum atomic E-state index is 11.4. The van der Waals surface area contributed by atoms with Crippen LogP contribution in [0.15, 0.2) is 0 Å². The Morgan fingerprint density at radius 3 is 2.53 bits per heavy atom. The number of hydrogen-bond donors (Lipinski definition) is 0. The van der Waals surface area contributed by atoms with Crippen molar-refractivity contribution in [2.75, 3.05) is 19.7 Å². The summed E-state index contributed by atoms with van der Waals surface area (Å²) in [4.78, 5) is 13.7. The third-order valence-corrected chi connectivity index (χ3v) is 3.42. The Morgan fingerprint density at radius 1 is 1.33 bits per heavy atom. The molecule has 3 nitrogen and oxygen atoms in total. The van der Waals surface area contributed by atoms with Gasteiger partial charge in [-0.1, -0.05) is 6.42 Å². The van der Waals surface area contributed by atoms with E-state index in [9.17, 15) is 4.79 Å². The van der Waals surface area contributed by atoms with E-state index in [1.54, 1.807) is 0 Å². The minimum absolute atomic E-state index is 0.0521. The molecule has 2 rings (SSSR count). The molecule has 0 aromatic heterocycles. The summed E-state index contributed by atoms with van der Waals surface area (Å²) < 4.78 is 5.00. The molecule has 15 heavy (non-hydrogen) atoms. The fourth-order valence-electron chi connectivity index (χ4n) is 2.16. The van der Waals surface area contributed by atoms with Crippen LogP contribution in [0.1, 0.15) is 39.0 Å². The zero-order valence-electron chi connectivity index (χ0n) is 9.58. The second-order valence-corrected chi connectivity index (χ2v) is 4.76. The molecular weight excluding hydrogens is 190 g/mol. The predicted octanol–water partition coefficient (Wildman–Crippen LogP) is 1.81. The van der Waals surface area contributed by atoms with Crippen LogP contribution in [0.4, 0.5) is 0 Å². The Kier molecular flexibility index (Phi) is 3.62. The van der Waals surface area contributed by atoms with E-state index in [1.807, 2.05) is 6.92 Å². The van der Waals surface area contributed by atoms with Crippen molar-refractivity contribution in [2.45, 2.75) is 45.1 Å². The Morgan fingerprint density at radius 2 is 2.07 bits per heavy atom. The van der Waals surface area contributed by atoms with Gasteiger partial charge in [-0.3, -0.25) is 9.69 Å². The molecule has 0 unspecified atom stereocenters. The molecule has 0 aromatic rings. The molecule has 0 heterocycles. The average molecular weight is 211 g/mol. The molecule has 2 saturated carbocycles. The molecule has 0 bridgehead atoms. The molecule has 0 spiro atoms. The minimum atomic E-state index is -0.0521. The lowest BCUT2D eigenvalue weighted by atomic mass is 9.85. The highest BCUT2D eigenvalue weighted by Crippen LogP contribution is 2.32. The molecule has 2 fully saturated rings. The summed E-state index contributed by atoms with van der Waals surface area (Å²) in [5, 5.41) is 0. The molecular formula is C12H21NO2. The lowest BCUT2D eigenvalue weighted by molar-refractivity contribution is -0.144. The molecule has 0 radical (unpaired) electrons. The minimum Gasteiger partial charge on any atom is -0.465 e. The SMILES string of the molecule is CCOC(=O)CN(CC1CCC1)C1CC1. The van der Waals surface area contributed by atoms with Crippen molar-refractivity contribution < 1.29 is 9.53 Å². The fourth-order valence-corrected chi connectivity index (χ4v) is 2.16. The van der Waals surface area contributed by atoms with Crippen molar-refractivity contribution in [3.05, 3.63) is 0 Å². The van der Waals surface area contributed by atoms with E-state index in [4.69, 9.17) is 4.74 Å². The number of ether oxygens (including phenoxy) is 1. The summed E-state index contributed by atoms with van der Waals surface area (Å²) in [6.07, 6.45) is 6.62.